The lowest BCUT2D eigenvalue weighted by Crippen LogP contribution is -2.58. The van der Waals surface area contributed by atoms with Crippen LogP contribution in [0.3, 0.4) is 0 Å². The van der Waals surface area contributed by atoms with E-state index in [2.05, 4.69) is 46.4 Å². The van der Waals surface area contributed by atoms with Crippen LogP contribution >= 0.6 is 0 Å². The Morgan fingerprint density at radius 2 is 1.59 bits per heavy atom. The van der Waals surface area contributed by atoms with Crippen molar-refractivity contribution in [3.63, 3.8) is 0 Å². The molecule has 0 atom stereocenters. The molecule has 0 bridgehead atoms. The Hall–Kier alpha value is -5.37. The zero-order valence-corrected chi connectivity index (χ0v) is 38.4. The van der Waals surface area contributed by atoms with Gasteiger partial charge in [0.25, 0.3) is 5.91 Å². The maximum Gasteiger partial charge on any atom is 0.251 e. The van der Waals surface area contributed by atoms with Gasteiger partial charge in [-0.1, -0.05) is 37.8 Å². The van der Waals surface area contributed by atoms with Crippen LogP contribution in [0.25, 0.3) is 22.3 Å². The second-order valence-electron chi connectivity index (χ2n) is 19.3. The first kappa shape index (κ1) is 45.2. The Kier molecular flexibility index (Phi) is 13.4. The number of aromatic nitrogens is 3. The minimum absolute atomic E-state index is 0.0350. The van der Waals surface area contributed by atoms with Gasteiger partial charge in [0.15, 0.2) is 5.82 Å². The third-order valence-corrected chi connectivity index (χ3v) is 14.2. The minimum atomic E-state index is -0.718. The fourth-order valence-electron chi connectivity index (χ4n) is 10.5. The summed E-state index contributed by atoms with van der Waals surface area (Å²) in [5.74, 6) is -0.370. The highest BCUT2D eigenvalue weighted by Gasteiger charge is 2.56. The Balaban J connectivity index is 1.09. The summed E-state index contributed by atoms with van der Waals surface area (Å²) in [6.07, 6.45) is 13.8. The predicted molar refractivity (Wildman–Crippen MR) is 249 cm³/mol. The lowest BCUT2D eigenvalue weighted by Gasteiger charge is -2.48. The summed E-state index contributed by atoms with van der Waals surface area (Å²) >= 11 is 0. The molecule has 8 rings (SSSR count). The molecule has 1 saturated carbocycles. The van der Waals surface area contributed by atoms with Crippen molar-refractivity contribution in [2.75, 3.05) is 36.4 Å². The molecular weight excluding hydrogens is 810 g/mol. The molecular formula is C50H66FN9O4. The van der Waals surface area contributed by atoms with E-state index in [4.69, 9.17) is 15.7 Å². The number of hydrogen-bond acceptors (Lipinski definition) is 8. The molecule has 4 aromatic rings. The van der Waals surface area contributed by atoms with E-state index < -0.39 is 11.2 Å². The second kappa shape index (κ2) is 19.0. The monoisotopic (exact) mass is 876 g/mol. The number of imidazole rings is 1. The summed E-state index contributed by atoms with van der Waals surface area (Å²) in [6, 6.07) is 11.6. The van der Waals surface area contributed by atoms with Crippen LogP contribution < -0.4 is 21.3 Å². The Morgan fingerprint density at radius 1 is 0.891 bits per heavy atom. The van der Waals surface area contributed by atoms with Gasteiger partial charge in [0.05, 0.1) is 28.6 Å². The van der Waals surface area contributed by atoms with Crippen molar-refractivity contribution in [2.45, 2.75) is 154 Å². The van der Waals surface area contributed by atoms with E-state index in [9.17, 15) is 14.4 Å². The molecule has 14 heteroatoms. The van der Waals surface area contributed by atoms with Gasteiger partial charge in [-0.3, -0.25) is 19.2 Å². The van der Waals surface area contributed by atoms with Crippen LogP contribution in [0, 0.1) is 12.7 Å². The van der Waals surface area contributed by atoms with Gasteiger partial charge in [0.2, 0.25) is 17.7 Å². The SMILES string of the molecule is Cc1cc(F)c(Nc2nc(-c3ccc4c(c3)N(C3CC(N5CCCCC5)C3)C(=O)C43CCN(C(=O)CCCCCCCC(N)=O)CC3)cc3ncn(C(C)C)c23)cc1C(=O)NC(C)C. The Labute approximate surface area is 376 Å². The quantitative estimate of drug-likeness (QED) is 0.0947. The number of primary amides is 1. The maximum absolute atomic E-state index is 15.8. The summed E-state index contributed by atoms with van der Waals surface area (Å²) in [7, 11) is 0. The molecule has 13 nitrogen and oxygen atoms in total. The first-order valence-corrected chi connectivity index (χ1v) is 23.8. The van der Waals surface area contributed by atoms with Gasteiger partial charge in [-0.15, -0.1) is 0 Å². The Morgan fingerprint density at radius 3 is 2.28 bits per heavy atom. The van der Waals surface area contributed by atoms with E-state index in [1.165, 1.54) is 25.3 Å². The van der Waals surface area contributed by atoms with E-state index in [-0.39, 0.29) is 47.4 Å². The number of pyridine rings is 1. The average molecular weight is 876 g/mol. The van der Waals surface area contributed by atoms with E-state index in [1.807, 2.05) is 35.4 Å². The molecule has 0 unspecified atom stereocenters. The van der Waals surface area contributed by atoms with E-state index >= 15 is 9.18 Å². The third kappa shape index (κ3) is 9.12. The molecule has 1 aliphatic carbocycles. The van der Waals surface area contributed by atoms with Crippen molar-refractivity contribution in [2.24, 2.45) is 5.73 Å². The van der Waals surface area contributed by atoms with Gasteiger partial charge in [0, 0.05) is 66.9 Å². The molecule has 4 amide bonds. The van der Waals surface area contributed by atoms with Crippen molar-refractivity contribution in [1.29, 1.82) is 0 Å². The maximum atomic E-state index is 15.8. The van der Waals surface area contributed by atoms with Gasteiger partial charge in [0.1, 0.15) is 11.3 Å². The largest absolute Gasteiger partial charge is 0.370 e. The fraction of sp³-hybridized carbons (Fsp3) is 0.560. The molecule has 64 heavy (non-hydrogen) atoms. The highest BCUT2D eigenvalue weighted by atomic mass is 19.1. The number of nitrogens with zero attached hydrogens (tertiary/aromatic N) is 6. The number of anilines is 3. The van der Waals surface area contributed by atoms with Crippen molar-refractivity contribution < 1.29 is 23.6 Å². The van der Waals surface area contributed by atoms with Crippen molar-refractivity contribution in [3.8, 4) is 11.3 Å². The smallest absolute Gasteiger partial charge is 0.251 e. The van der Waals surface area contributed by atoms with Gasteiger partial charge < -0.3 is 35.6 Å². The first-order valence-electron chi connectivity index (χ1n) is 23.8. The zero-order chi connectivity index (χ0) is 45.3. The molecule has 2 saturated heterocycles. The number of likely N-dealkylation sites (tertiary alicyclic amines) is 2. The van der Waals surface area contributed by atoms with E-state index in [1.54, 1.807) is 19.3 Å². The second-order valence-corrected chi connectivity index (χ2v) is 19.3. The van der Waals surface area contributed by atoms with Crippen molar-refractivity contribution >= 4 is 51.9 Å². The first-order chi connectivity index (χ1) is 30.7. The molecule has 342 valence electrons. The summed E-state index contributed by atoms with van der Waals surface area (Å²) in [5, 5.41) is 6.19. The normalized spacial score (nSPS) is 19.7. The number of piperidine rings is 2. The number of amides is 4. The number of nitrogens with one attached hydrogen (secondary N) is 2. The van der Waals surface area contributed by atoms with Crippen LogP contribution in [-0.2, 0) is 19.8 Å². The van der Waals surface area contributed by atoms with Crippen molar-refractivity contribution in [3.05, 3.63) is 65.2 Å². The summed E-state index contributed by atoms with van der Waals surface area (Å²) in [4.78, 5) is 69.3. The number of rotatable bonds is 16. The van der Waals surface area contributed by atoms with Gasteiger partial charge in [-0.2, -0.15) is 0 Å². The highest BCUT2D eigenvalue weighted by Crippen LogP contribution is 2.52. The van der Waals surface area contributed by atoms with Crippen LogP contribution in [0.1, 0.15) is 145 Å². The highest BCUT2D eigenvalue weighted by molar-refractivity contribution is 6.09. The van der Waals surface area contributed by atoms with Gasteiger partial charge >= 0.3 is 0 Å². The van der Waals surface area contributed by atoms with E-state index in [0.29, 0.717) is 78.5 Å². The predicted octanol–water partition coefficient (Wildman–Crippen LogP) is 8.45. The lowest BCUT2D eigenvalue weighted by molar-refractivity contribution is -0.136. The number of halogens is 1. The topological polar surface area (TPSA) is 159 Å². The van der Waals surface area contributed by atoms with Crippen molar-refractivity contribution in [1.82, 2.24) is 29.7 Å². The molecule has 5 heterocycles. The molecule has 0 radical (unpaired) electrons. The number of unbranched alkanes of at least 4 members (excludes halogenated alkanes) is 4. The number of fused-ring (bicyclic) bond motifs is 3. The molecule has 4 N–H and O–H groups in total. The molecule has 2 aromatic heterocycles. The van der Waals surface area contributed by atoms with Crippen LogP contribution in [-0.4, -0.2) is 92.3 Å². The summed E-state index contributed by atoms with van der Waals surface area (Å²) < 4.78 is 17.8. The number of benzene rings is 2. The number of aryl methyl sites for hydroxylation is 1. The standard InChI is InChI=1S/C50H66FN9O4/c1-31(2)54-48(63)37-28-41(39(51)24-33(37)5)56-47-46-42(53-30-59(46)32(3)4)29-40(55-47)34-16-17-38-43(25-34)60(36-26-35(27-36)57-20-12-9-13-21-57)49(64)50(38)18-22-58(23-19-50)45(62)15-11-8-6-7-10-14-44(52)61/h16-17,24-25,28-32,35-36H,6-15,18-23,26-27H2,1-5H3,(H2,52,61)(H,54,63)(H,55,56). The third-order valence-electron chi connectivity index (χ3n) is 14.2. The van der Waals surface area contributed by atoms with E-state index in [0.717, 1.165) is 74.8 Å². The van der Waals surface area contributed by atoms with Gasteiger partial charge in [-0.25, -0.2) is 14.4 Å². The summed E-state index contributed by atoms with van der Waals surface area (Å²) in [5.41, 5.74) is 10.3. The number of carbonyl (C=O) groups excluding carboxylic acids is 4. The molecule has 2 aromatic carbocycles. The average Bonchev–Trinajstić information content (AvgIpc) is 3.78. The van der Waals surface area contributed by atoms with Crippen LogP contribution in [0.2, 0.25) is 0 Å². The number of hydrogen-bond donors (Lipinski definition) is 3. The zero-order valence-electron chi connectivity index (χ0n) is 38.4. The summed E-state index contributed by atoms with van der Waals surface area (Å²) in [6.45, 7) is 12.9. The molecule has 3 aliphatic heterocycles. The van der Waals surface area contributed by atoms with Crippen LogP contribution in [0.4, 0.5) is 21.6 Å². The number of nitrogens with two attached hydrogens (primary N) is 1. The Bertz CT molecular complexity index is 2390. The number of carbonyl (C=O) groups is 4. The molecule has 1 spiro atoms. The van der Waals surface area contributed by atoms with Crippen LogP contribution in [0.15, 0.2) is 42.7 Å². The minimum Gasteiger partial charge on any atom is -0.370 e. The fourth-order valence-corrected chi connectivity index (χ4v) is 10.5. The van der Waals surface area contributed by atoms with Crippen LogP contribution in [0.5, 0.6) is 0 Å². The molecule has 3 fully saturated rings. The van der Waals surface area contributed by atoms with Gasteiger partial charge in [-0.05, 0) is 134 Å². The molecule has 4 aliphatic rings. The lowest BCUT2D eigenvalue weighted by atomic mass is 9.73.